The number of urea groups is 1. The van der Waals surface area contributed by atoms with Crippen LogP contribution in [0.3, 0.4) is 0 Å². The second-order valence-electron chi connectivity index (χ2n) is 15.4. The highest BCUT2D eigenvalue weighted by atomic mass is 32.2. The Morgan fingerprint density at radius 2 is 1.60 bits per heavy atom. The van der Waals surface area contributed by atoms with Crippen LogP contribution in [-0.4, -0.2) is 107 Å². The Kier molecular flexibility index (Phi) is 10.8. The lowest BCUT2D eigenvalue weighted by molar-refractivity contribution is -0.136. The molecule has 0 unspecified atom stereocenters. The van der Waals surface area contributed by atoms with Gasteiger partial charge in [0.2, 0.25) is 11.8 Å². The summed E-state index contributed by atoms with van der Waals surface area (Å²) in [6.07, 6.45) is 2.95. The monoisotopic (exact) mass is 732 g/mol. The van der Waals surface area contributed by atoms with Crippen LogP contribution in [0.25, 0.3) is 0 Å². The second-order valence-corrected chi connectivity index (χ2v) is 16.7. The van der Waals surface area contributed by atoms with Crippen molar-refractivity contribution < 1.29 is 23.1 Å². The first-order valence-electron chi connectivity index (χ1n) is 18.8. The van der Waals surface area contributed by atoms with Crippen LogP contribution in [0.5, 0.6) is 0 Å². The molecule has 3 aromatic carbocycles. The number of piperazine rings is 1. The highest BCUT2D eigenvalue weighted by Crippen LogP contribution is 2.48. The van der Waals surface area contributed by atoms with Gasteiger partial charge in [0.15, 0.2) is 0 Å². The molecule has 282 valence electrons. The largest absolute Gasteiger partial charge is 0.366 e. The number of hydrogen-bond donors (Lipinski definition) is 1. The quantitative estimate of drug-likeness (QED) is 0.266. The fourth-order valence-corrected chi connectivity index (χ4v) is 9.70. The van der Waals surface area contributed by atoms with Crippen molar-refractivity contribution in [1.29, 1.82) is 0 Å². The summed E-state index contributed by atoms with van der Waals surface area (Å²) in [5.74, 6) is -0.386. The minimum Gasteiger partial charge on any atom is -0.366 e. The summed E-state index contributed by atoms with van der Waals surface area (Å²) in [5.41, 5.74) is 4.53. The first kappa shape index (κ1) is 36.3. The maximum atomic E-state index is 15.9. The minimum absolute atomic E-state index is 0. The van der Waals surface area contributed by atoms with E-state index in [1.807, 2.05) is 57.2 Å². The van der Waals surface area contributed by atoms with Gasteiger partial charge in [-0.3, -0.25) is 14.5 Å². The molecule has 4 amide bonds. The van der Waals surface area contributed by atoms with E-state index in [-0.39, 0.29) is 45.9 Å². The van der Waals surface area contributed by atoms with Gasteiger partial charge in [-0.1, -0.05) is 60.7 Å². The molecule has 0 saturated carbocycles. The van der Waals surface area contributed by atoms with Crippen molar-refractivity contribution in [1.82, 2.24) is 19.6 Å². The van der Waals surface area contributed by atoms with Gasteiger partial charge < -0.3 is 24.9 Å². The van der Waals surface area contributed by atoms with E-state index in [1.165, 1.54) is 17.8 Å². The second kappa shape index (κ2) is 15.5. The third-order valence-electron chi connectivity index (χ3n) is 11.2. The van der Waals surface area contributed by atoms with E-state index in [1.54, 1.807) is 6.07 Å². The Hall–Kier alpha value is -4.09. The van der Waals surface area contributed by atoms with Crippen molar-refractivity contribution in [2.24, 2.45) is 0 Å². The predicted octanol–water partition coefficient (Wildman–Crippen LogP) is 7.14. The van der Waals surface area contributed by atoms with Crippen molar-refractivity contribution in [3.63, 3.8) is 0 Å². The Labute approximate surface area is 315 Å². The van der Waals surface area contributed by atoms with E-state index in [9.17, 15) is 14.4 Å². The van der Waals surface area contributed by atoms with Crippen LogP contribution in [0.2, 0.25) is 0 Å². The van der Waals surface area contributed by atoms with E-state index < -0.39 is 10.6 Å². The number of anilines is 2. The molecular formula is C41H57FN6O3S. The Bertz CT molecular complexity index is 1770. The number of rotatable bonds is 8. The average molecular weight is 733 g/mol. The average Bonchev–Trinajstić information content (AvgIpc) is 3.34. The molecule has 52 heavy (non-hydrogen) atoms. The Morgan fingerprint density at radius 1 is 0.885 bits per heavy atom. The minimum atomic E-state index is -0.560. The summed E-state index contributed by atoms with van der Waals surface area (Å²) in [6, 6.07) is 23.2. The summed E-state index contributed by atoms with van der Waals surface area (Å²) < 4.78 is 15.9. The van der Waals surface area contributed by atoms with Crippen LogP contribution < -0.4 is 10.2 Å². The molecule has 0 radical (unpaired) electrons. The highest BCUT2D eigenvalue weighted by molar-refractivity contribution is 8.01. The van der Waals surface area contributed by atoms with Gasteiger partial charge in [0, 0.05) is 85.9 Å². The Morgan fingerprint density at radius 3 is 2.33 bits per heavy atom. The Balaban J connectivity index is 0.00000224. The number of thioether (sulfide) groups is 1. The van der Waals surface area contributed by atoms with Crippen LogP contribution in [0.4, 0.5) is 20.6 Å². The van der Waals surface area contributed by atoms with Gasteiger partial charge >= 0.3 is 6.03 Å². The molecule has 4 aliphatic rings. The van der Waals surface area contributed by atoms with Crippen molar-refractivity contribution in [3.05, 3.63) is 95.3 Å². The molecule has 11 heteroatoms. The lowest BCUT2D eigenvalue weighted by Gasteiger charge is -2.43. The van der Waals surface area contributed by atoms with Gasteiger partial charge in [0.1, 0.15) is 11.2 Å². The lowest BCUT2D eigenvalue weighted by Crippen LogP contribution is -2.53. The molecule has 0 aromatic heterocycles. The standard InChI is InChI=1S/C41H51FN6O3S.3H2/c1-41(2,3)46-26-24-45(25-27-46)37-32(13-9-14-33(37)42)39-48(22-16-29-10-5-4-6-11-29)38(50)35(52-39)28-36(49)44-20-18-31(19-21-44)47-23-17-30-12-7-8-15-34(30)43-40(47)51;;;/h4-15,31,35,39H,16-28H2,1-3H3,(H,43,51);3*1H/t35-,39+;;;/m0.../s1. The van der Waals surface area contributed by atoms with Gasteiger partial charge in [-0.15, -0.1) is 11.8 Å². The number of piperidine rings is 1. The van der Waals surface area contributed by atoms with Crippen LogP contribution in [0.1, 0.15) is 66.4 Å². The zero-order valence-corrected chi connectivity index (χ0v) is 31.4. The molecule has 0 bridgehead atoms. The van der Waals surface area contributed by atoms with Crippen molar-refractivity contribution >= 4 is 41.0 Å². The van der Waals surface area contributed by atoms with Gasteiger partial charge in [-0.2, -0.15) is 0 Å². The van der Waals surface area contributed by atoms with Crippen LogP contribution in [-0.2, 0) is 22.4 Å². The lowest BCUT2D eigenvalue weighted by atomic mass is 10.0. The third-order valence-corrected chi connectivity index (χ3v) is 12.7. The number of likely N-dealkylation sites (tertiary alicyclic amines) is 1. The summed E-state index contributed by atoms with van der Waals surface area (Å²) in [6.45, 7) is 11.9. The maximum absolute atomic E-state index is 15.9. The van der Waals surface area contributed by atoms with Crippen molar-refractivity contribution in [2.45, 2.75) is 75.1 Å². The number of nitrogens with zero attached hydrogens (tertiary/aromatic N) is 5. The molecule has 4 aliphatic heterocycles. The van der Waals surface area contributed by atoms with Gasteiger partial charge in [0.25, 0.3) is 0 Å². The SMILES string of the molecule is CC(C)(C)N1CCN(c2c(F)cccc2[C@H]2S[C@@H](CC(=O)N3CCC(N4CCc5ccccc5NC4=O)CC3)C(=O)N2CCc2ccccc2)CC1.[HH].[HH].[HH]. The first-order valence-corrected chi connectivity index (χ1v) is 19.7. The number of nitrogens with one attached hydrogen (secondary N) is 1. The van der Waals surface area contributed by atoms with Crippen LogP contribution in [0, 0.1) is 5.82 Å². The summed E-state index contributed by atoms with van der Waals surface area (Å²) in [5, 5.41) is 2.10. The summed E-state index contributed by atoms with van der Waals surface area (Å²) in [4.78, 5) is 51.4. The number of amides is 4. The van der Waals surface area contributed by atoms with E-state index in [0.29, 0.717) is 64.2 Å². The zero-order chi connectivity index (χ0) is 36.4. The smallest absolute Gasteiger partial charge is 0.322 e. The molecular weight excluding hydrogens is 676 g/mol. The maximum Gasteiger partial charge on any atom is 0.322 e. The molecule has 1 N–H and O–H groups in total. The molecule has 3 aromatic rings. The highest BCUT2D eigenvalue weighted by Gasteiger charge is 2.44. The van der Waals surface area contributed by atoms with Gasteiger partial charge in [-0.25, -0.2) is 9.18 Å². The first-order chi connectivity index (χ1) is 25.1. The molecule has 9 nitrogen and oxygen atoms in total. The van der Waals surface area contributed by atoms with E-state index in [2.05, 4.69) is 54.1 Å². The van der Waals surface area contributed by atoms with E-state index in [4.69, 9.17) is 0 Å². The van der Waals surface area contributed by atoms with Crippen LogP contribution in [0.15, 0.2) is 72.8 Å². The number of carbonyl (C=O) groups excluding carboxylic acids is 3. The fraction of sp³-hybridized carbons (Fsp3) is 0.488. The molecule has 2 atom stereocenters. The normalized spacial score (nSPS) is 22.0. The molecule has 0 aliphatic carbocycles. The topological polar surface area (TPSA) is 79.4 Å². The third kappa shape index (κ3) is 7.81. The van der Waals surface area contributed by atoms with E-state index in [0.717, 1.165) is 41.9 Å². The van der Waals surface area contributed by atoms with Crippen molar-refractivity contribution in [3.8, 4) is 0 Å². The van der Waals surface area contributed by atoms with E-state index >= 15 is 4.39 Å². The van der Waals surface area contributed by atoms with Crippen LogP contribution >= 0.6 is 11.8 Å². The number of para-hydroxylation sites is 2. The molecule has 3 fully saturated rings. The molecule has 7 rings (SSSR count). The molecule has 0 spiro atoms. The summed E-state index contributed by atoms with van der Waals surface area (Å²) >= 11 is 1.48. The summed E-state index contributed by atoms with van der Waals surface area (Å²) in [7, 11) is 0. The zero-order valence-electron chi connectivity index (χ0n) is 30.6. The molecule has 3 saturated heterocycles. The molecule has 4 heterocycles. The fourth-order valence-electron chi connectivity index (χ4n) is 8.20. The van der Waals surface area contributed by atoms with Crippen molar-refractivity contribution in [2.75, 3.05) is 62.6 Å². The number of halogens is 1. The number of hydrogen-bond acceptors (Lipinski definition) is 6. The number of benzene rings is 3. The number of fused-ring (bicyclic) bond motifs is 1. The number of carbonyl (C=O) groups is 3. The van der Waals surface area contributed by atoms with Gasteiger partial charge in [-0.05, 0) is 69.7 Å². The van der Waals surface area contributed by atoms with Gasteiger partial charge in [0.05, 0.1) is 10.9 Å². The predicted molar refractivity (Wildman–Crippen MR) is 212 cm³/mol.